The number of hydrogen-bond donors (Lipinski definition) is 1. The highest BCUT2D eigenvalue weighted by Crippen LogP contribution is 2.37. The van der Waals surface area contributed by atoms with E-state index < -0.39 is 0 Å². The van der Waals surface area contributed by atoms with Gasteiger partial charge in [0.2, 0.25) is 5.91 Å². The van der Waals surface area contributed by atoms with Crippen molar-refractivity contribution in [2.45, 2.75) is 32.9 Å². The SMILES string of the molecule is Cc1ccccc1CN1CCC2(Cc3ccccc3CNC2=O)C1. The summed E-state index contributed by atoms with van der Waals surface area (Å²) in [6.45, 7) is 5.60. The molecule has 1 saturated heterocycles. The summed E-state index contributed by atoms with van der Waals surface area (Å²) in [6, 6.07) is 17.0. The molecule has 24 heavy (non-hydrogen) atoms. The number of fused-ring (bicyclic) bond motifs is 1. The lowest BCUT2D eigenvalue weighted by Gasteiger charge is -2.26. The molecule has 0 aromatic heterocycles. The van der Waals surface area contributed by atoms with Gasteiger partial charge in [0.1, 0.15) is 0 Å². The molecule has 0 bridgehead atoms. The molecule has 0 saturated carbocycles. The molecule has 2 aliphatic heterocycles. The first-order valence-electron chi connectivity index (χ1n) is 8.78. The van der Waals surface area contributed by atoms with E-state index in [1.165, 1.54) is 22.3 Å². The van der Waals surface area contributed by atoms with Crippen LogP contribution in [0.4, 0.5) is 0 Å². The van der Waals surface area contributed by atoms with Crippen LogP contribution in [-0.2, 0) is 24.3 Å². The van der Waals surface area contributed by atoms with Crippen molar-refractivity contribution in [1.29, 1.82) is 0 Å². The van der Waals surface area contributed by atoms with Crippen molar-refractivity contribution < 1.29 is 4.79 Å². The average molecular weight is 320 g/mol. The van der Waals surface area contributed by atoms with Gasteiger partial charge in [-0.1, -0.05) is 48.5 Å². The van der Waals surface area contributed by atoms with Gasteiger partial charge in [0.25, 0.3) is 0 Å². The van der Waals surface area contributed by atoms with Gasteiger partial charge in [-0.2, -0.15) is 0 Å². The molecule has 1 atom stereocenters. The van der Waals surface area contributed by atoms with E-state index in [1.807, 2.05) is 0 Å². The third-order valence-corrected chi connectivity index (χ3v) is 5.66. The van der Waals surface area contributed by atoms with Gasteiger partial charge in [-0.15, -0.1) is 0 Å². The van der Waals surface area contributed by atoms with E-state index in [0.29, 0.717) is 6.54 Å². The molecule has 2 aliphatic rings. The number of nitrogens with one attached hydrogen (secondary N) is 1. The van der Waals surface area contributed by atoms with Crippen molar-refractivity contribution in [3.8, 4) is 0 Å². The third-order valence-electron chi connectivity index (χ3n) is 5.66. The Labute approximate surface area is 143 Å². The molecule has 124 valence electrons. The lowest BCUT2D eigenvalue weighted by Crippen LogP contribution is -2.42. The number of benzene rings is 2. The molecule has 0 aliphatic carbocycles. The maximum Gasteiger partial charge on any atom is 0.228 e. The number of hydrogen-bond acceptors (Lipinski definition) is 2. The fourth-order valence-corrected chi connectivity index (χ4v) is 4.16. The van der Waals surface area contributed by atoms with Crippen LogP contribution in [0.1, 0.15) is 28.7 Å². The molecule has 0 radical (unpaired) electrons. The summed E-state index contributed by atoms with van der Waals surface area (Å²) in [5, 5.41) is 3.16. The van der Waals surface area contributed by atoms with E-state index in [2.05, 4.69) is 65.7 Å². The van der Waals surface area contributed by atoms with Crippen LogP contribution < -0.4 is 5.32 Å². The van der Waals surface area contributed by atoms with Crippen LogP contribution in [0.15, 0.2) is 48.5 Å². The van der Waals surface area contributed by atoms with Crippen molar-refractivity contribution in [3.63, 3.8) is 0 Å². The minimum Gasteiger partial charge on any atom is -0.351 e. The van der Waals surface area contributed by atoms with Crippen LogP contribution in [-0.4, -0.2) is 23.9 Å². The Morgan fingerprint density at radius 2 is 1.83 bits per heavy atom. The highest BCUT2D eigenvalue weighted by Gasteiger charge is 2.45. The van der Waals surface area contributed by atoms with Crippen molar-refractivity contribution in [2.75, 3.05) is 13.1 Å². The van der Waals surface area contributed by atoms with E-state index in [1.54, 1.807) is 0 Å². The van der Waals surface area contributed by atoms with Crippen LogP contribution in [0.2, 0.25) is 0 Å². The Kier molecular flexibility index (Phi) is 3.89. The molecular weight excluding hydrogens is 296 g/mol. The molecule has 2 aromatic carbocycles. The number of carbonyl (C=O) groups excluding carboxylic acids is 1. The largest absolute Gasteiger partial charge is 0.351 e. The van der Waals surface area contributed by atoms with Gasteiger partial charge in [0.15, 0.2) is 0 Å². The van der Waals surface area contributed by atoms with E-state index in [-0.39, 0.29) is 11.3 Å². The van der Waals surface area contributed by atoms with E-state index in [9.17, 15) is 4.79 Å². The van der Waals surface area contributed by atoms with Crippen LogP contribution in [0.5, 0.6) is 0 Å². The minimum atomic E-state index is -0.269. The molecule has 1 amide bonds. The fourth-order valence-electron chi connectivity index (χ4n) is 4.16. The minimum absolute atomic E-state index is 0.228. The van der Waals surface area contributed by atoms with E-state index >= 15 is 0 Å². The van der Waals surface area contributed by atoms with Gasteiger partial charge in [-0.25, -0.2) is 0 Å². The molecule has 1 unspecified atom stereocenters. The first kappa shape index (κ1) is 15.4. The van der Waals surface area contributed by atoms with Crippen molar-refractivity contribution in [2.24, 2.45) is 5.41 Å². The van der Waals surface area contributed by atoms with Crippen molar-refractivity contribution >= 4 is 5.91 Å². The lowest BCUT2D eigenvalue weighted by atomic mass is 9.80. The Hall–Kier alpha value is -2.13. The molecule has 3 heteroatoms. The van der Waals surface area contributed by atoms with Gasteiger partial charge in [0.05, 0.1) is 5.41 Å². The predicted octanol–water partition coefficient (Wildman–Crippen LogP) is 3.06. The van der Waals surface area contributed by atoms with Gasteiger partial charge >= 0.3 is 0 Å². The predicted molar refractivity (Wildman–Crippen MR) is 95.5 cm³/mol. The summed E-state index contributed by atoms with van der Waals surface area (Å²) >= 11 is 0. The Morgan fingerprint density at radius 3 is 2.67 bits per heavy atom. The van der Waals surface area contributed by atoms with E-state index in [4.69, 9.17) is 0 Å². The molecule has 1 fully saturated rings. The fraction of sp³-hybridized carbons (Fsp3) is 0.381. The van der Waals surface area contributed by atoms with Gasteiger partial charge in [0, 0.05) is 19.6 Å². The van der Waals surface area contributed by atoms with Gasteiger partial charge in [-0.05, 0) is 48.6 Å². The quantitative estimate of drug-likeness (QED) is 0.922. The van der Waals surface area contributed by atoms with Crippen molar-refractivity contribution in [3.05, 3.63) is 70.8 Å². The second-order valence-corrected chi connectivity index (χ2v) is 7.30. The number of aryl methyl sites for hydroxylation is 1. The Morgan fingerprint density at radius 1 is 1.08 bits per heavy atom. The zero-order valence-electron chi connectivity index (χ0n) is 14.2. The van der Waals surface area contributed by atoms with E-state index in [0.717, 1.165) is 32.5 Å². The second-order valence-electron chi connectivity index (χ2n) is 7.30. The van der Waals surface area contributed by atoms with Crippen LogP contribution in [0.3, 0.4) is 0 Å². The summed E-state index contributed by atoms with van der Waals surface area (Å²) in [4.78, 5) is 15.3. The summed E-state index contributed by atoms with van der Waals surface area (Å²) in [5.74, 6) is 0.228. The number of likely N-dealkylation sites (tertiary alicyclic amines) is 1. The normalized spacial score (nSPS) is 23.8. The maximum atomic E-state index is 12.8. The molecule has 4 rings (SSSR count). The average Bonchev–Trinajstić information content (AvgIpc) is 2.93. The molecular formula is C21H24N2O. The molecule has 1 N–H and O–H groups in total. The van der Waals surface area contributed by atoms with Crippen molar-refractivity contribution in [1.82, 2.24) is 10.2 Å². The molecule has 3 nitrogen and oxygen atoms in total. The van der Waals surface area contributed by atoms with Gasteiger partial charge in [-0.3, -0.25) is 9.69 Å². The number of rotatable bonds is 2. The van der Waals surface area contributed by atoms with Crippen LogP contribution >= 0.6 is 0 Å². The standard InChI is InChI=1S/C21H24N2O/c1-16-6-2-3-9-19(16)14-23-11-10-21(15-23)12-17-7-4-5-8-18(17)13-22-20(21)24/h2-9H,10-15H2,1H3,(H,22,24). The number of carbonyl (C=O) groups is 1. The first-order valence-corrected chi connectivity index (χ1v) is 8.78. The highest BCUT2D eigenvalue weighted by molar-refractivity contribution is 5.84. The smallest absolute Gasteiger partial charge is 0.228 e. The summed E-state index contributed by atoms with van der Waals surface area (Å²) in [7, 11) is 0. The Balaban J connectivity index is 1.56. The summed E-state index contributed by atoms with van der Waals surface area (Å²) in [6.07, 6.45) is 1.80. The zero-order valence-corrected chi connectivity index (χ0v) is 14.2. The first-order chi connectivity index (χ1) is 11.7. The Bertz CT molecular complexity index is 770. The topological polar surface area (TPSA) is 32.3 Å². The second kappa shape index (κ2) is 6.06. The zero-order chi connectivity index (χ0) is 16.6. The van der Waals surface area contributed by atoms with Crippen LogP contribution in [0, 0.1) is 12.3 Å². The maximum absolute atomic E-state index is 12.8. The highest BCUT2D eigenvalue weighted by atomic mass is 16.2. The molecule has 2 aromatic rings. The number of nitrogens with zero attached hydrogens (tertiary/aromatic N) is 1. The van der Waals surface area contributed by atoms with Gasteiger partial charge < -0.3 is 5.32 Å². The monoisotopic (exact) mass is 320 g/mol. The summed E-state index contributed by atoms with van der Waals surface area (Å²) < 4.78 is 0. The summed E-state index contributed by atoms with van der Waals surface area (Å²) in [5.41, 5.74) is 5.02. The number of amides is 1. The van der Waals surface area contributed by atoms with Crippen LogP contribution in [0.25, 0.3) is 0 Å². The third kappa shape index (κ3) is 2.73. The lowest BCUT2D eigenvalue weighted by molar-refractivity contribution is -0.130. The molecule has 2 heterocycles. The molecule has 1 spiro atoms.